The van der Waals surface area contributed by atoms with Crippen LogP contribution in [0.2, 0.25) is 0 Å². The molecule has 0 amide bonds. The molecule has 2 rings (SSSR count). The maximum Gasteiger partial charge on any atom is 0.264 e. The van der Waals surface area contributed by atoms with Crippen LogP contribution in [0.5, 0.6) is 0 Å². The van der Waals surface area contributed by atoms with E-state index in [2.05, 4.69) is 0 Å². The fourth-order valence-corrected chi connectivity index (χ4v) is 4.25. The quantitative estimate of drug-likeness (QED) is 0.692. The second-order valence-corrected chi connectivity index (χ2v) is 8.25. The molecule has 0 spiro atoms. The third kappa shape index (κ3) is 4.70. The summed E-state index contributed by atoms with van der Waals surface area (Å²) in [4.78, 5) is 23.0. The SMILES string of the molecule is CCN(c1ccccc1)S(=O)(=O)c1ccc(C(=O)CSC(C)=O)cc1. The van der Waals surface area contributed by atoms with Crippen LogP contribution in [0, 0.1) is 0 Å². The molecule has 0 aliphatic rings. The van der Waals surface area contributed by atoms with Gasteiger partial charge in [-0.15, -0.1) is 0 Å². The molecule has 7 heteroatoms. The number of nitrogens with zero attached hydrogens (tertiary/aromatic N) is 1. The Kier molecular flexibility index (Phi) is 6.39. The number of benzene rings is 2. The summed E-state index contributed by atoms with van der Waals surface area (Å²) >= 11 is 0.935. The standard InChI is InChI=1S/C18H19NO4S2/c1-3-19(16-7-5-4-6-8-16)25(22,23)17-11-9-15(10-12-17)18(21)13-24-14(2)20/h4-12H,3,13H2,1-2H3. The average Bonchev–Trinajstić information content (AvgIpc) is 2.61. The Labute approximate surface area is 152 Å². The molecule has 0 aliphatic heterocycles. The molecule has 0 radical (unpaired) electrons. The molecule has 0 N–H and O–H groups in total. The van der Waals surface area contributed by atoms with Gasteiger partial charge in [-0.2, -0.15) is 0 Å². The van der Waals surface area contributed by atoms with Gasteiger partial charge in [0.05, 0.1) is 16.3 Å². The van der Waals surface area contributed by atoms with Gasteiger partial charge in [-0.05, 0) is 31.2 Å². The molecule has 0 saturated heterocycles. The van der Waals surface area contributed by atoms with E-state index in [-0.39, 0.29) is 21.5 Å². The summed E-state index contributed by atoms with van der Waals surface area (Å²) in [6.45, 7) is 3.46. The first kappa shape index (κ1) is 19.2. The lowest BCUT2D eigenvalue weighted by molar-refractivity contribution is -0.109. The van der Waals surface area contributed by atoms with Gasteiger partial charge in [0, 0.05) is 19.0 Å². The van der Waals surface area contributed by atoms with Gasteiger partial charge in [-0.1, -0.05) is 42.1 Å². The van der Waals surface area contributed by atoms with Gasteiger partial charge in [0.1, 0.15) is 0 Å². The molecule has 0 heterocycles. The summed E-state index contributed by atoms with van der Waals surface area (Å²) < 4.78 is 27.0. The molecule has 0 fully saturated rings. The lowest BCUT2D eigenvalue weighted by Crippen LogP contribution is -2.30. The molecule has 0 atom stereocenters. The van der Waals surface area contributed by atoms with Crippen LogP contribution in [0.3, 0.4) is 0 Å². The molecule has 0 aromatic heterocycles. The second kappa shape index (κ2) is 8.31. The van der Waals surface area contributed by atoms with E-state index in [1.165, 1.54) is 35.5 Å². The minimum Gasteiger partial charge on any atom is -0.293 e. The van der Waals surface area contributed by atoms with Crippen LogP contribution in [0.4, 0.5) is 5.69 Å². The van der Waals surface area contributed by atoms with Crippen LogP contribution in [0.1, 0.15) is 24.2 Å². The van der Waals surface area contributed by atoms with Gasteiger partial charge in [-0.25, -0.2) is 8.42 Å². The maximum atomic E-state index is 12.9. The molecule has 25 heavy (non-hydrogen) atoms. The lowest BCUT2D eigenvalue weighted by atomic mass is 10.1. The van der Waals surface area contributed by atoms with Crippen molar-refractivity contribution < 1.29 is 18.0 Å². The lowest BCUT2D eigenvalue weighted by Gasteiger charge is -2.22. The fourth-order valence-electron chi connectivity index (χ4n) is 2.28. The largest absolute Gasteiger partial charge is 0.293 e. The van der Waals surface area contributed by atoms with E-state index in [0.29, 0.717) is 17.8 Å². The topological polar surface area (TPSA) is 71.5 Å². The highest BCUT2D eigenvalue weighted by Gasteiger charge is 2.23. The zero-order valence-electron chi connectivity index (χ0n) is 14.0. The van der Waals surface area contributed by atoms with Crippen molar-refractivity contribution >= 4 is 38.4 Å². The van der Waals surface area contributed by atoms with Crippen LogP contribution in [-0.2, 0) is 14.8 Å². The van der Waals surface area contributed by atoms with E-state index in [9.17, 15) is 18.0 Å². The first-order valence-electron chi connectivity index (χ1n) is 7.70. The van der Waals surface area contributed by atoms with Crippen LogP contribution >= 0.6 is 11.8 Å². The number of hydrogen-bond donors (Lipinski definition) is 0. The first-order chi connectivity index (χ1) is 11.9. The van der Waals surface area contributed by atoms with Gasteiger partial charge in [0.15, 0.2) is 10.9 Å². The number of rotatable bonds is 7. The van der Waals surface area contributed by atoms with Crippen molar-refractivity contribution in [3.63, 3.8) is 0 Å². The molecular weight excluding hydrogens is 358 g/mol. The Hall–Kier alpha value is -2.12. The summed E-state index contributed by atoms with van der Waals surface area (Å²) in [5.74, 6) is -0.161. The number of carbonyl (C=O) groups is 2. The molecule has 2 aromatic rings. The van der Waals surface area contributed by atoms with Crippen molar-refractivity contribution in [2.24, 2.45) is 0 Å². The Morgan fingerprint density at radius 3 is 2.12 bits per heavy atom. The average molecular weight is 377 g/mol. The Morgan fingerprint density at radius 1 is 1.00 bits per heavy atom. The number of thioether (sulfide) groups is 1. The van der Waals surface area contributed by atoms with Crippen LogP contribution < -0.4 is 4.31 Å². The van der Waals surface area contributed by atoms with Gasteiger partial charge in [-0.3, -0.25) is 13.9 Å². The molecule has 0 unspecified atom stereocenters. The van der Waals surface area contributed by atoms with Crippen molar-refractivity contribution in [2.75, 3.05) is 16.6 Å². The number of hydrogen-bond acceptors (Lipinski definition) is 5. The predicted molar refractivity (Wildman–Crippen MR) is 101 cm³/mol. The number of ketones is 1. The van der Waals surface area contributed by atoms with Gasteiger partial charge >= 0.3 is 0 Å². The highest BCUT2D eigenvalue weighted by atomic mass is 32.2. The number of carbonyl (C=O) groups excluding carboxylic acids is 2. The van der Waals surface area contributed by atoms with Gasteiger partial charge in [0.25, 0.3) is 10.0 Å². The Bertz CT molecular complexity index is 846. The summed E-state index contributed by atoms with van der Waals surface area (Å²) in [5.41, 5.74) is 0.971. The minimum atomic E-state index is -3.71. The van der Waals surface area contributed by atoms with Gasteiger partial charge in [0.2, 0.25) is 0 Å². The van der Waals surface area contributed by atoms with Crippen molar-refractivity contribution in [1.82, 2.24) is 0 Å². The third-order valence-electron chi connectivity index (χ3n) is 3.50. The van der Waals surface area contributed by atoms with E-state index in [1.54, 1.807) is 31.2 Å². The molecule has 132 valence electrons. The molecular formula is C18H19NO4S2. The summed E-state index contributed by atoms with van der Waals surface area (Å²) in [6, 6.07) is 14.7. The van der Waals surface area contributed by atoms with Gasteiger partial charge < -0.3 is 0 Å². The van der Waals surface area contributed by atoms with Crippen LogP contribution in [-0.4, -0.2) is 31.6 Å². The third-order valence-corrected chi connectivity index (χ3v) is 6.23. The smallest absolute Gasteiger partial charge is 0.264 e. The van der Waals surface area contributed by atoms with E-state index >= 15 is 0 Å². The normalized spacial score (nSPS) is 11.1. The highest BCUT2D eigenvalue weighted by molar-refractivity contribution is 8.14. The fraction of sp³-hybridized carbons (Fsp3) is 0.222. The molecule has 5 nitrogen and oxygen atoms in total. The zero-order chi connectivity index (χ0) is 18.4. The monoisotopic (exact) mass is 377 g/mol. The zero-order valence-corrected chi connectivity index (χ0v) is 15.6. The summed E-state index contributed by atoms with van der Waals surface area (Å²) in [5, 5.41) is -0.131. The van der Waals surface area contributed by atoms with Crippen molar-refractivity contribution in [2.45, 2.75) is 18.7 Å². The van der Waals surface area contributed by atoms with E-state index in [4.69, 9.17) is 0 Å². The molecule has 0 aliphatic carbocycles. The molecule has 0 bridgehead atoms. The van der Waals surface area contributed by atoms with E-state index in [1.807, 2.05) is 6.07 Å². The van der Waals surface area contributed by atoms with Crippen LogP contribution in [0.15, 0.2) is 59.5 Å². The maximum absolute atomic E-state index is 12.9. The predicted octanol–water partition coefficient (Wildman–Crippen LogP) is 3.36. The summed E-state index contributed by atoms with van der Waals surface area (Å²) in [6.07, 6.45) is 0. The Balaban J connectivity index is 2.25. The van der Waals surface area contributed by atoms with E-state index < -0.39 is 10.0 Å². The second-order valence-electron chi connectivity index (χ2n) is 5.23. The number of anilines is 1. The van der Waals surface area contributed by atoms with E-state index in [0.717, 1.165) is 11.8 Å². The number of sulfonamides is 1. The Morgan fingerprint density at radius 2 is 1.60 bits per heavy atom. The van der Waals surface area contributed by atoms with Crippen molar-refractivity contribution in [3.8, 4) is 0 Å². The molecule has 2 aromatic carbocycles. The summed E-state index contributed by atoms with van der Waals surface area (Å²) in [7, 11) is -3.71. The number of para-hydroxylation sites is 1. The van der Waals surface area contributed by atoms with Crippen LogP contribution in [0.25, 0.3) is 0 Å². The minimum absolute atomic E-state index is 0.0481. The number of Topliss-reactive ketones (excluding diaryl/α,β-unsaturated/α-hetero) is 1. The van der Waals surface area contributed by atoms with Crippen molar-refractivity contribution in [3.05, 3.63) is 60.2 Å². The van der Waals surface area contributed by atoms with Crippen molar-refractivity contribution in [1.29, 1.82) is 0 Å². The molecule has 0 saturated carbocycles. The highest BCUT2D eigenvalue weighted by Crippen LogP contribution is 2.23. The first-order valence-corrected chi connectivity index (χ1v) is 10.1.